The van der Waals surface area contributed by atoms with Gasteiger partial charge in [0.2, 0.25) is 5.91 Å². The number of nitrogens with one attached hydrogen (secondary N) is 2. The van der Waals surface area contributed by atoms with E-state index < -0.39 is 17.5 Å². The summed E-state index contributed by atoms with van der Waals surface area (Å²) in [4.78, 5) is 31.7. The Bertz CT molecular complexity index is 1900. The first-order valence-corrected chi connectivity index (χ1v) is 13.0. The second-order valence-corrected chi connectivity index (χ2v) is 9.80. The van der Waals surface area contributed by atoms with Gasteiger partial charge in [-0.3, -0.25) is 19.3 Å². The van der Waals surface area contributed by atoms with E-state index in [1.807, 2.05) is 54.6 Å². The number of hydrogen-bond acceptors (Lipinski definition) is 6. The van der Waals surface area contributed by atoms with E-state index in [1.54, 1.807) is 18.2 Å². The number of hydrogen-bond donors (Lipinski definition) is 2. The molecule has 2 N–H and O–H groups in total. The molecule has 1 amide bonds. The van der Waals surface area contributed by atoms with Gasteiger partial charge in [0.25, 0.3) is 5.56 Å². The number of carbonyl (C=O) groups excluding carboxylic acids is 1. The zero-order valence-corrected chi connectivity index (χ0v) is 22.2. The molecule has 0 aliphatic carbocycles. The predicted octanol–water partition coefficient (Wildman–Crippen LogP) is 5.10. The number of fused-ring (bicyclic) bond motifs is 1. The molecule has 10 nitrogen and oxygen atoms in total. The lowest BCUT2D eigenvalue weighted by molar-refractivity contribution is -0.119. The quantitative estimate of drug-likeness (QED) is 0.275. The van der Waals surface area contributed by atoms with E-state index in [2.05, 4.69) is 30.8 Å². The van der Waals surface area contributed by atoms with Gasteiger partial charge in [-0.1, -0.05) is 70.9 Å². The van der Waals surface area contributed by atoms with Crippen molar-refractivity contribution in [1.29, 1.82) is 0 Å². The molecular weight excluding hydrogens is 551 g/mol. The molecule has 3 heterocycles. The Morgan fingerprint density at radius 3 is 2.58 bits per heavy atom. The summed E-state index contributed by atoms with van der Waals surface area (Å²) in [5.41, 5.74) is 2.72. The lowest BCUT2D eigenvalue weighted by Gasteiger charge is -2.19. The maximum atomic E-state index is 13.7. The van der Waals surface area contributed by atoms with Crippen LogP contribution in [-0.4, -0.2) is 40.6 Å². The molecule has 3 aromatic carbocycles. The largest absolute Gasteiger partial charge is 0.307 e. The van der Waals surface area contributed by atoms with Crippen LogP contribution in [0.25, 0.3) is 27.8 Å². The van der Waals surface area contributed by atoms with Crippen LogP contribution < -0.4 is 10.9 Å². The van der Waals surface area contributed by atoms with Crippen molar-refractivity contribution in [2.45, 2.75) is 12.5 Å². The molecule has 0 radical (unpaired) electrons. The van der Waals surface area contributed by atoms with Crippen molar-refractivity contribution in [1.82, 2.24) is 34.7 Å². The molecule has 198 valence electrons. The number of amides is 1. The van der Waals surface area contributed by atoms with Crippen LogP contribution in [-0.2, 0) is 11.2 Å². The molecular formula is C28H20Cl2N8O2. The highest BCUT2D eigenvalue weighted by atomic mass is 35.5. The fourth-order valence-corrected chi connectivity index (χ4v) is 4.78. The summed E-state index contributed by atoms with van der Waals surface area (Å²) >= 11 is 12.2. The zero-order valence-electron chi connectivity index (χ0n) is 20.7. The van der Waals surface area contributed by atoms with E-state index in [0.717, 1.165) is 16.5 Å². The van der Waals surface area contributed by atoms with Crippen molar-refractivity contribution in [3.05, 3.63) is 117 Å². The zero-order chi connectivity index (χ0) is 27.6. The number of benzene rings is 3. The average Bonchev–Trinajstić information content (AvgIpc) is 3.58. The number of H-pyrrole nitrogens is 1. The average molecular weight is 571 g/mol. The molecule has 0 fully saturated rings. The Kier molecular flexibility index (Phi) is 6.85. The van der Waals surface area contributed by atoms with Gasteiger partial charge >= 0.3 is 0 Å². The third-order valence-electron chi connectivity index (χ3n) is 6.40. The molecule has 6 rings (SSSR count). The van der Waals surface area contributed by atoms with Gasteiger partial charge < -0.3 is 5.32 Å². The summed E-state index contributed by atoms with van der Waals surface area (Å²) in [6, 6.07) is 22.5. The monoisotopic (exact) mass is 570 g/mol. The highest BCUT2D eigenvalue weighted by Crippen LogP contribution is 2.28. The predicted molar refractivity (Wildman–Crippen MR) is 153 cm³/mol. The van der Waals surface area contributed by atoms with Crippen molar-refractivity contribution < 1.29 is 4.79 Å². The lowest BCUT2D eigenvalue weighted by Crippen LogP contribution is -2.34. The number of anilines is 1. The number of carbonyl (C=O) groups is 1. The Labute approximate surface area is 237 Å². The number of aromatic nitrogens is 7. The van der Waals surface area contributed by atoms with Gasteiger partial charge in [0.05, 0.1) is 29.4 Å². The van der Waals surface area contributed by atoms with Crippen LogP contribution in [0.4, 0.5) is 5.82 Å². The summed E-state index contributed by atoms with van der Waals surface area (Å²) in [6.45, 7) is 0. The third kappa shape index (κ3) is 5.09. The highest BCUT2D eigenvalue weighted by Gasteiger charge is 2.25. The Morgan fingerprint density at radius 1 is 1.00 bits per heavy atom. The Morgan fingerprint density at radius 2 is 1.80 bits per heavy atom. The van der Waals surface area contributed by atoms with Crippen molar-refractivity contribution >= 4 is 45.8 Å². The standard InChI is InChI=1S/C28H20Cl2N8O2/c29-18-10-11-23(38-15-25(30)34-36-38)20(13-18)22-14-26(39)37(16-31-22)24(12-17-6-2-1-3-7-17)28(40)32-27-19-8-4-5-9-21(19)33-35-27/h1-11,13-16,24H,12H2,(H2,32,33,35,40). The van der Waals surface area contributed by atoms with Crippen molar-refractivity contribution in [3.8, 4) is 16.9 Å². The second-order valence-electron chi connectivity index (χ2n) is 8.98. The highest BCUT2D eigenvalue weighted by molar-refractivity contribution is 6.31. The molecule has 1 unspecified atom stereocenters. The maximum Gasteiger partial charge on any atom is 0.254 e. The van der Waals surface area contributed by atoms with Gasteiger partial charge in [-0.2, -0.15) is 5.10 Å². The van der Waals surface area contributed by atoms with Crippen LogP contribution in [0, 0.1) is 0 Å². The van der Waals surface area contributed by atoms with E-state index >= 15 is 0 Å². The van der Waals surface area contributed by atoms with Crippen LogP contribution in [0.5, 0.6) is 0 Å². The van der Waals surface area contributed by atoms with Crippen LogP contribution >= 0.6 is 23.2 Å². The molecule has 40 heavy (non-hydrogen) atoms. The molecule has 0 aliphatic heterocycles. The van der Waals surface area contributed by atoms with Crippen LogP contribution in [0.2, 0.25) is 10.2 Å². The first-order valence-electron chi connectivity index (χ1n) is 12.2. The summed E-state index contributed by atoms with van der Waals surface area (Å²) in [5.74, 6) is -0.0233. The molecule has 0 aliphatic rings. The summed E-state index contributed by atoms with van der Waals surface area (Å²) in [7, 11) is 0. The molecule has 0 saturated heterocycles. The minimum atomic E-state index is -0.903. The number of nitrogens with zero attached hydrogens (tertiary/aromatic N) is 6. The summed E-state index contributed by atoms with van der Waals surface area (Å²) in [6.07, 6.45) is 3.16. The molecule has 12 heteroatoms. The maximum absolute atomic E-state index is 13.7. The van der Waals surface area contributed by atoms with Gasteiger partial charge in [0.15, 0.2) is 11.0 Å². The van der Waals surface area contributed by atoms with Gasteiger partial charge in [-0.05, 0) is 35.9 Å². The van der Waals surface area contributed by atoms with Gasteiger partial charge in [0.1, 0.15) is 6.04 Å². The minimum absolute atomic E-state index is 0.212. The Balaban J connectivity index is 1.38. The molecule has 0 spiro atoms. The number of para-hydroxylation sites is 1. The van der Waals surface area contributed by atoms with Crippen LogP contribution in [0.1, 0.15) is 11.6 Å². The van der Waals surface area contributed by atoms with Crippen LogP contribution in [0.3, 0.4) is 0 Å². The fourth-order valence-electron chi connectivity index (χ4n) is 4.48. The first kappa shape index (κ1) is 25.5. The topological polar surface area (TPSA) is 123 Å². The first-order chi connectivity index (χ1) is 19.5. The van der Waals surface area contributed by atoms with Gasteiger partial charge in [-0.25, -0.2) is 9.67 Å². The molecule has 6 aromatic rings. The van der Waals surface area contributed by atoms with Gasteiger partial charge in [0, 0.05) is 28.5 Å². The SMILES string of the molecule is O=C(Nc1n[nH]c2ccccc12)C(Cc1ccccc1)n1cnc(-c2cc(Cl)ccc2-n2cc(Cl)nn2)cc1=O. The Hall–Kier alpha value is -4.80. The van der Waals surface area contributed by atoms with E-state index in [4.69, 9.17) is 23.2 Å². The third-order valence-corrected chi connectivity index (χ3v) is 6.81. The van der Waals surface area contributed by atoms with Crippen LogP contribution in [0.15, 0.2) is 96.2 Å². The minimum Gasteiger partial charge on any atom is -0.307 e. The molecule has 1 atom stereocenters. The van der Waals surface area contributed by atoms with Crippen molar-refractivity contribution in [3.63, 3.8) is 0 Å². The normalized spacial score (nSPS) is 11.9. The van der Waals surface area contributed by atoms with E-state index in [9.17, 15) is 9.59 Å². The number of rotatable bonds is 7. The van der Waals surface area contributed by atoms with Crippen molar-refractivity contribution in [2.24, 2.45) is 0 Å². The summed E-state index contributed by atoms with van der Waals surface area (Å²) in [5, 5.41) is 19.3. The van der Waals surface area contributed by atoms with Crippen molar-refractivity contribution in [2.75, 3.05) is 5.32 Å². The lowest BCUT2D eigenvalue weighted by atomic mass is 10.0. The van der Waals surface area contributed by atoms with E-state index in [-0.39, 0.29) is 11.6 Å². The fraction of sp³-hybridized carbons (Fsp3) is 0.0714. The molecule has 0 saturated carbocycles. The summed E-state index contributed by atoms with van der Waals surface area (Å²) < 4.78 is 2.79. The second kappa shape index (κ2) is 10.8. The molecule has 0 bridgehead atoms. The number of halogens is 2. The van der Waals surface area contributed by atoms with Gasteiger partial charge in [-0.15, -0.1) is 5.10 Å². The van der Waals surface area contributed by atoms with E-state index in [0.29, 0.717) is 27.8 Å². The number of aromatic amines is 1. The molecule has 3 aromatic heterocycles. The van der Waals surface area contributed by atoms with E-state index in [1.165, 1.54) is 27.8 Å². The smallest absolute Gasteiger partial charge is 0.254 e.